The van der Waals surface area contributed by atoms with Crippen LogP contribution in [0.25, 0.3) is 0 Å². The first-order chi connectivity index (χ1) is 10.1. The number of non-ortho nitro benzene ring substituents is 1. The Morgan fingerprint density at radius 3 is 2.95 bits per heavy atom. The maximum atomic E-state index is 12.6. The van der Waals surface area contributed by atoms with Gasteiger partial charge in [-0.2, -0.15) is 0 Å². The Hall–Kier alpha value is -2.15. The van der Waals surface area contributed by atoms with Crippen molar-refractivity contribution < 1.29 is 19.6 Å². The molecule has 0 aromatic heterocycles. The molecular formula is C14H18N2O5. The number of piperidine rings is 1. The van der Waals surface area contributed by atoms with E-state index in [4.69, 9.17) is 4.74 Å². The largest absolute Gasteiger partial charge is 0.496 e. The number of nitrogens with zero attached hydrogens (tertiary/aromatic N) is 2. The van der Waals surface area contributed by atoms with E-state index >= 15 is 0 Å². The predicted molar refractivity (Wildman–Crippen MR) is 75.4 cm³/mol. The monoisotopic (exact) mass is 294 g/mol. The fourth-order valence-electron chi connectivity index (χ4n) is 2.55. The van der Waals surface area contributed by atoms with Crippen LogP contribution in [0.15, 0.2) is 18.2 Å². The number of rotatable bonds is 4. The third-order valence-corrected chi connectivity index (χ3v) is 3.69. The maximum absolute atomic E-state index is 12.6. The van der Waals surface area contributed by atoms with Gasteiger partial charge in [-0.25, -0.2) is 0 Å². The standard InChI is InChI=1S/C14H18N2O5/c1-21-13-5-4-11(16(19)20)7-12(13)14(18)15-6-2-3-10(8-15)9-17/h4-5,7,10,17H,2-3,6,8-9H2,1H3. The third kappa shape index (κ3) is 3.30. The van der Waals surface area contributed by atoms with E-state index in [0.29, 0.717) is 18.8 Å². The van der Waals surface area contributed by atoms with Gasteiger partial charge in [0.15, 0.2) is 0 Å². The Morgan fingerprint density at radius 1 is 1.57 bits per heavy atom. The molecule has 1 aromatic rings. The van der Waals surface area contributed by atoms with Crippen molar-refractivity contribution in [2.24, 2.45) is 5.92 Å². The number of nitro benzene ring substituents is 1. The number of aliphatic hydroxyl groups excluding tert-OH is 1. The average molecular weight is 294 g/mol. The lowest BCUT2D eigenvalue weighted by atomic mass is 9.98. The lowest BCUT2D eigenvalue weighted by molar-refractivity contribution is -0.384. The van der Waals surface area contributed by atoms with Crippen molar-refractivity contribution in [3.05, 3.63) is 33.9 Å². The number of carbonyl (C=O) groups is 1. The number of nitro groups is 1. The van der Waals surface area contributed by atoms with Crippen LogP contribution in [0.1, 0.15) is 23.2 Å². The molecule has 7 heteroatoms. The molecule has 0 radical (unpaired) electrons. The van der Waals surface area contributed by atoms with Crippen LogP contribution in [0.3, 0.4) is 0 Å². The maximum Gasteiger partial charge on any atom is 0.270 e. The molecule has 1 N–H and O–H groups in total. The van der Waals surface area contributed by atoms with Gasteiger partial charge in [0.25, 0.3) is 11.6 Å². The summed E-state index contributed by atoms with van der Waals surface area (Å²) in [6, 6.07) is 3.98. The topological polar surface area (TPSA) is 92.9 Å². The van der Waals surface area contributed by atoms with Crippen LogP contribution in [-0.2, 0) is 0 Å². The molecule has 0 bridgehead atoms. The Kier molecular flexibility index (Phi) is 4.74. The van der Waals surface area contributed by atoms with Crippen molar-refractivity contribution in [1.29, 1.82) is 0 Å². The molecule has 1 aliphatic heterocycles. The van der Waals surface area contributed by atoms with Gasteiger partial charge in [0.1, 0.15) is 5.75 Å². The van der Waals surface area contributed by atoms with E-state index in [2.05, 4.69) is 0 Å². The molecule has 21 heavy (non-hydrogen) atoms. The minimum Gasteiger partial charge on any atom is -0.496 e. The molecule has 1 fully saturated rings. The number of ether oxygens (including phenoxy) is 1. The van der Waals surface area contributed by atoms with Crippen molar-refractivity contribution >= 4 is 11.6 Å². The Bertz CT molecular complexity index is 546. The number of methoxy groups -OCH3 is 1. The zero-order valence-electron chi connectivity index (χ0n) is 11.8. The van der Waals surface area contributed by atoms with Gasteiger partial charge in [-0.15, -0.1) is 0 Å². The van der Waals surface area contributed by atoms with Gasteiger partial charge >= 0.3 is 0 Å². The highest BCUT2D eigenvalue weighted by Gasteiger charge is 2.27. The van der Waals surface area contributed by atoms with Gasteiger partial charge in [0, 0.05) is 31.8 Å². The Balaban J connectivity index is 2.28. The summed E-state index contributed by atoms with van der Waals surface area (Å²) in [4.78, 5) is 24.5. The van der Waals surface area contributed by atoms with E-state index in [1.54, 1.807) is 4.90 Å². The molecule has 1 aromatic carbocycles. The van der Waals surface area contributed by atoms with E-state index in [9.17, 15) is 20.0 Å². The molecule has 1 atom stereocenters. The number of benzene rings is 1. The highest BCUT2D eigenvalue weighted by Crippen LogP contribution is 2.27. The second kappa shape index (κ2) is 6.53. The Morgan fingerprint density at radius 2 is 2.33 bits per heavy atom. The predicted octanol–water partition coefficient (Wildman–Crippen LogP) is 1.45. The summed E-state index contributed by atoms with van der Waals surface area (Å²) in [6.07, 6.45) is 1.70. The molecule has 2 rings (SSSR count). The number of hydrogen-bond donors (Lipinski definition) is 1. The molecule has 1 heterocycles. The van der Waals surface area contributed by atoms with Gasteiger partial charge in [0.05, 0.1) is 17.6 Å². The molecular weight excluding hydrogens is 276 g/mol. The summed E-state index contributed by atoms with van der Waals surface area (Å²) in [5, 5.41) is 20.1. The minimum absolute atomic E-state index is 0.0376. The van der Waals surface area contributed by atoms with Crippen molar-refractivity contribution in [1.82, 2.24) is 4.90 Å². The summed E-state index contributed by atoms with van der Waals surface area (Å²) in [5.41, 5.74) is 0.0418. The number of carbonyl (C=O) groups excluding carboxylic acids is 1. The molecule has 0 spiro atoms. The van der Waals surface area contributed by atoms with E-state index in [1.165, 1.54) is 25.3 Å². The smallest absolute Gasteiger partial charge is 0.270 e. The van der Waals surface area contributed by atoms with Crippen LogP contribution in [-0.4, -0.2) is 47.6 Å². The number of aliphatic hydroxyl groups is 1. The summed E-state index contributed by atoms with van der Waals surface area (Å²) < 4.78 is 5.13. The lowest BCUT2D eigenvalue weighted by Gasteiger charge is -2.32. The second-order valence-corrected chi connectivity index (χ2v) is 5.08. The molecule has 0 saturated carbocycles. The molecule has 7 nitrogen and oxygen atoms in total. The van der Waals surface area contributed by atoms with Gasteiger partial charge in [-0.05, 0) is 24.8 Å². The van der Waals surface area contributed by atoms with E-state index in [-0.39, 0.29) is 29.7 Å². The van der Waals surface area contributed by atoms with Crippen LogP contribution in [0.5, 0.6) is 5.75 Å². The first kappa shape index (κ1) is 15.2. The second-order valence-electron chi connectivity index (χ2n) is 5.08. The third-order valence-electron chi connectivity index (χ3n) is 3.69. The van der Waals surface area contributed by atoms with Crippen LogP contribution in [0.2, 0.25) is 0 Å². The van der Waals surface area contributed by atoms with Crippen LogP contribution >= 0.6 is 0 Å². The average Bonchev–Trinajstić information content (AvgIpc) is 2.53. The zero-order chi connectivity index (χ0) is 15.4. The van der Waals surface area contributed by atoms with Gasteiger partial charge in [0.2, 0.25) is 0 Å². The van der Waals surface area contributed by atoms with E-state index in [1.807, 2.05) is 0 Å². The summed E-state index contributed by atoms with van der Waals surface area (Å²) in [6.45, 7) is 1.08. The normalized spacial score (nSPS) is 18.4. The molecule has 114 valence electrons. The zero-order valence-corrected chi connectivity index (χ0v) is 11.8. The molecule has 1 aliphatic rings. The molecule has 1 unspecified atom stereocenters. The molecule has 0 aliphatic carbocycles. The van der Waals surface area contributed by atoms with Crippen LogP contribution < -0.4 is 4.74 Å². The van der Waals surface area contributed by atoms with E-state index < -0.39 is 4.92 Å². The minimum atomic E-state index is -0.539. The number of hydrogen-bond acceptors (Lipinski definition) is 5. The highest BCUT2D eigenvalue weighted by atomic mass is 16.6. The number of amides is 1. The van der Waals surface area contributed by atoms with E-state index in [0.717, 1.165) is 12.8 Å². The van der Waals surface area contributed by atoms with Crippen LogP contribution in [0.4, 0.5) is 5.69 Å². The number of likely N-dealkylation sites (tertiary alicyclic amines) is 1. The van der Waals surface area contributed by atoms with Gasteiger partial charge in [-0.1, -0.05) is 0 Å². The van der Waals surface area contributed by atoms with Gasteiger partial charge < -0.3 is 14.7 Å². The quantitative estimate of drug-likeness (QED) is 0.670. The van der Waals surface area contributed by atoms with Crippen molar-refractivity contribution in [2.75, 3.05) is 26.8 Å². The van der Waals surface area contributed by atoms with Gasteiger partial charge in [-0.3, -0.25) is 14.9 Å². The molecule has 1 saturated heterocycles. The van der Waals surface area contributed by atoms with Crippen molar-refractivity contribution in [3.8, 4) is 5.75 Å². The lowest BCUT2D eigenvalue weighted by Crippen LogP contribution is -2.41. The summed E-state index contributed by atoms with van der Waals surface area (Å²) in [7, 11) is 1.42. The summed E-state index contributed by atoms with van der Waals surface area (Å²) >= 11 is 0. The SMILES string of the molecule is COc1ccc([N+](=O)[O-])cc1C(=O)N1CCCC(CO)C1. The van der Waals surface area contributed by atoms with Crippen molar-refractivity contribution in [2.45, 2.75) is 12.8 Å². The highest BCUT2D eigenvalue weighted by molar-refractivity contribution is 5.97. The summed E-state index contributed by atoms with van der Waals surface area (Å²) in [5.74, 6) is 0.0813. The first-order valence-electron chi connectivity index (χ1n) is 6.79. The van der Waals surface area contributed by atoms with Crippen molar-refractivity contribution in [3.63, 3.8) is 0 Å². The van der Waals surface area contributed by atoms with Crippen LogP contribution in [0, 0.1) is 16.0 Å². The fourth-order valence-corrected chi connectivity index (χ4v) is 2.55. The fraction of sp³-hybridized carbons (Fsp3) is 0.500. The Labute approximate surface area is 122 Å². The first-order valence-corrected chi connectivity index (χ1v) is 6.79. The molecule has 1 amide bonds.